The van der Waals surface area contributed by atoms with Gasteiger partial charge in [-0.05, 0) is 289 Å². The normalized spacial score (nSPS) is 14.8. The minimum atomic E-state index is -0.920. The van der Waals surface area contributed by atoms with E-state index in [1.54, 1.807) is 0 Å². The van der Waals surface area contributed by atoms with Gasteiger partial charge in [0.25, 0.3) is 0 Å². The molecule has 134 heavy (non-hydrogen) atoms. The molecule has 18 aromatic rings. The number of nitrogens with zero attached hydrogens (tertiary/aromatic N) is 8. The number of hydrogen-bond donors (Lipinski definition) is 0. The third-order valence-electron chi connectivity index (χ3n) is 28.4. The van der Waals surface area contributed by atoms with Crippen LogP contribution in [0.15, 0.2) is 509 Å². The second-order valence-corrected chi connectivity index (χ2v) is 36.0. The first-order valence-electron chi connectivity index (χ1n) is 47.1. The van der Waals surface area contributed by atoms with Gasteiger partial charge in [0.05, 0.1) is 45.2 Å². The number of allylic oxidation sites excluding steroid dienone is 7. The molecular formula is C122H92B4N8. The summed E-state index contributed by atoms with van der Waals surface area (Å²) in [5, 5.41) is 0. The van der Waals surface area contributed by atoms with E-state index in [-0.39, 0.29) is 27.9 Å². The largest absolute Gasteiger partial charge is 0.420 e. The van der Waals surface area contributed by atoms with E-state index in [2.05, 4.69) is 536 Å². The number of benzene rings is 18. The zero-order valence-corrected chi connectivity index (χ0v) is 74.3. The average molecular weight is 1710 g/mol. The van der Waals surface area contributed by atoms with Crippen molar-refractivity contribution >= 4 is 124 Å². The predicted octanol–water partition coefficient (Wildman–Crippen LogP) is 27.1. The summed E-state index contributed by atoms with van der Waals surface area (Å²) in [5.74, 6) is 0. The molecule has 8 nitrogen and oxygen atoms in total. The van der Waals surface area contributed by atoms with Crippen molar-refractivity contribution in [2.45, 2.75) is 37.6 Å². The molecule has 0 radical (unpaired) electrons. The molecule has 0 saturated carbocycles. The fourth-order valence-corrected chi connectivity index (χ4v) is 22.5. The van der Waals surface area contributed by atoms with E-state index < -0.39 is 5.41 Å². The molecule has 0 spiro atoms. The van der Waals surface area contributed by atoms with Crippen molar-refractivity contribution in [1.29, 1.82) is 0 Å². The van der Waals surface area contributed by atoms with Crippen LogP contribution in [0, 0.1) is 0 Å². The van der Waals surface area contributed by atoms with Crippen LogP contribution in [0.1, 0.15) is 53.5 Å². The molecule has 0 atom stereocenters. The molecule has 0 saturated heterocycles. The number of hydrogen-bond acceptors (Lipinski definition) is 8. The number of fused-ring (bicyclic) bond motifs is 7. The molecule has 4 heterocycles. The van der Waals surface area contributed by atoms with E-state index in [0.29, 0.717) is 0 Å². The van der Waals surface area contributed by atoms with Crippen LogP contribution in [-0.4, -0.2) is 27.9 Å². The van der Waals surface area contributed by atoms with E-state index >= 15 is 0 Å². The molecular weight excluding hydrogens is 1620 g/mol. The zero-order valence-electron chi connectivity index (χ0n) is 74.3. The number of anilines is 13. The second kappa shape index (κ2) is 33.8. The summed E-state index contributed by atoms with van der Waals surface area (Å²) in [5.41, 5.74) is 38.9. The van der Waals surface area contributed by atoms with E-state index in [9.17, 15) is 0 Å². The lowest BCUT2D eigenvalue weighted by molar-refractivity contribution is 0.770. The highest BCUT2D eigenvalue weighted by molar-refractivity contribution is 6.86. The van der Waals surface area contributed by atoms with Gasteiger partial charge < -0.3 is 38.5 Å². The van der Waals surface area contributed by atoms with Crippen molar-refractivity contribution in [2.75, 3.05) is 38.5 Å². The molecule has 12 heteroatoms. The molecule has 0 aromatic heterocycles. The third-order valence-corrected chi connectivity index (χ3v) is 28.4. The SMILES string of the molecule is C1=CCCC(N2B(c3ccc(-c4cc(-c5ccc(B6N(C7=CCCC=C7)c7ccccc7N6c6ccccc6)cc5)cc(C5(c6cc(-c7ccc(B8N(Cc9ccccc9)c9ccccc9N8c8ccccc8)cc7)cc(-c7ccc(B8N(c9ccccc9)c9ccccc9N8c8ccccc8)cc7)c6)c6ccccc6-c6ccccc65)c4)cc3)N(c3ccccc3)c3ccccc32)=C1. The fraction of sp³-hybridized carbons (Fsp3) is 0.0492. The van der Waals surface area contributed by atoms with Crippen molar-refractivity contribution in [3.63, 3.8) is 0 Å². The molecule has 25 rings (SSSR count). The Morgan fingerprint density at radius 2 is 0.545 bits per heavy atom. The molecule has 0 bridgehead atoms. The van der Waals surface area contributed by atoms with Crippen LogP contribution in [0.5, 0.6) is 0 Å². The topological polar surface area (TPSA) is 25.9 Å². The Morgan fingerprint density at radius 3 is 0.910 bits per heavy atom. The molecule has 0 fully saturated rings. The fourth-order valence-electron chi connectivity index (χ4n) is 22.5. The van der Waals surface area contributed by atoms with E-state index in [1.807, 2.05) is 0 Å². The van der Waals surface area contributed by atoms with Crippen LogP contribution in [-0.2, 0) is 12.0 Å². The van der Waals surface area contributed by atoms with Gasteiger partial charge in [0.2, 0.25) is 0 Å². The average Bonchev–Trinajstić information content (AvgIpc) is 1.52. The monoisotopic (exact) mass is 1710 g/mol. The van der Waals surface area contributed by atoms with Crippen molar-refractivity contribution in [2.24, 2.45) is 0 Å². The number of rotatable bonds is 19. The van der Waals surface area contributed by atoms with Gasteiger partial charge in [-0.15, -0.1) is 0 Å². The quantitative estimate of drug-likeness (QED) is 0.0739. The summed E-state index contributed by atoms with van der Waals surface area (Å²) >= 11 is 0. The first-order valence-corrected chi connectivity index (χ1v) is 47.1. The molecule has 632 valence electrons. The molecule has 0 unspecified atom stereocenters. The van der Waals surface area contributed by atoms with Gasteiger partial charge >= 0.3 is 27.9 Å². The maximum atomic E-state index is 2.60. The highest BCUT2D eigenvalue weighted by Gasteiger charge is 2.51. The van der Waals surface area contributed by atoms with Crippen LogP contribution in [0.2, 0.25) is 0 Å². The van der Waals surface area contributed by atoms with Gasteiger partial charge in [-0.25, -0.2) is 0 Å². The molecule has 0 N–H and O–H groups in total. The summed E-state index contributed by atoms with van der Waals surface area (Å²) in [6.45, 7) is 0.00227. The van der Waals surface area contributed by atoms with Gasteiger partial charge in [-0.3, -0.25) is 0 Å². The van der Waals surface area contributed by atoms with Crippen LogP contribution in [0.4, 0.5) is 73.9 Å². The van der Waals surface area contributed by atoms with Gasteiger partial charge in [0.1, 0.15) is 0 Å². The first-order chi connectivity index (χ1) is 66.5. The van der Waals surface area contributed by atoms with E-state index in [0.717, 1.165) is 117 Å². The third kappa shape index (κ3) is 13.6. The zero-order chi connectivity index (χ0) is 88.6. The minimum Gasteiger partial charge on any atom is -0.386 e. The van der Waals surface area contributed by atoms with Gasteiger partial charge in [-0.2, -0.15) is 0 Å². The van der Waals surface area contributed by atoms with Gasteiger partial charge in [-0.1, -0.05) is 340 Å². The van der Waals surface area contributed by atoms with Gasteiger partial charge in [0.15, 0.2) is 0 Å². The number of para-hydroxylation sites is 13. The van der Waals surface area contributed by atoms with Crippen molar-refractivity contribution in [1.82, 2.24) is 0 Å². The Hall–Kier alpha value is -16.4. The smallest absolute Gasteiger partial charge is 0.386 e. The Kier molecular flexibility index (Phi) is 20.1. The highest BCUT2D eigenvalue weighted by atomic mass is 15.3. The van der Waals surface area contributed by atoms with Gasteiger partial charge in [0, 0.05) is 52.1 Å². The Labute approximate surface area is 786 Å². The van der Waals surface area contributed by atoms with Crippen molar-refractivity contribution < 1.29 is 0 Å². The maximum absolute atomic E-state index is 2.60. The lowest BCUT2D eigenvalue weighted by Gasteiger charge is -2.35. The molecule has 18 aromatic carbocycles. The summed E-state index contributed by atoms with van der Waals surface area (Å²) in [7, 11) is 0. The van der Waals surface area contributed by atoms with E-state index in [1.165, 1.54) is 106 Å². The van der Waals surface area contributed by atoms with Crippen LogP contribution in [0.3, 0.4) is 0 Å². The molecule has 7 aliphatic rings. The summed E-state index contributed by atoms with van der Waals surface area (Å²) < 4.78 is 0. The van der Waals surface area contributed by atoms with Crippen molar-refractivity contribution in [3.8, 4) is 55.6 Å². The highest BCUT2D eigenvalue weighted by Crippen LogP contribution is 2.59. The lowest BCUT2D eigenvalue weighted by atomic mass is 9.63. The summed E-state index contributed by atoms with van der Waals surface area (Å²) in [6.07, 6.45) is 17.9. The minimum absolute atomic E-state index is 0.163. The molecule has 4 aliphatic heterocycles. The van der Waals surface area contributed by atoms with Crippen LogP contribution in [0.25, 0.3) is 55.6 Å². The maximum Gasteiger partial charge on any atom is 0.420 e. The first kappa shape index (κ1) is 79.7. The Morgan fingerprint density at radius 1 is 0.239 bits per heavy atom. The summed E-state index contributed by atoms with van der Waals surface area (Å²) in [4.78, 5) is 20.4. The summed E-state index contributed by atoms with van der Waals surface area (Å²) in [6, 6.07) is 174. The standard InChI is InChI=1S/C122H92B4N8/c1-9-37-88(38-10-1)87-127-114-57-29-30-58-115(114)128(103-39-11-2-12-40-103)123(127)99-73-65-89(66-74-99)93-81-94(90-67-75-100(76-68-90)124-129(104-41-13-3-14-42-104)116-59-31-32-60-117(116)130(124)105-43-15-4-16-44-105)84-97(83-93)122(112-55-27-25-53-110(112)111-54-26-28-56-113(111)122)98-85-95(91-69-77-101(78-70-91)125-131(106-45-17-5-18-46-106)118-61-33-34-62-119(118)132(125)107-47-19-6-20-48-107)82-96(86-98)92-71-79-102(80-72-92)126-133(108-49-21-7-22-50-108)120-63-35-36-64-121(120)134(126)109-51-23-8-24-52-109/h1-7,9-19,21-23,25-47,49-86H,8,20,24,48,87H2. The Balaban J connectivity index is 0.701. The van der Waals surface area contributed by atoms with Crippen LogP contribution >= 0.6 is 0 Å². The molecule has 3 aliphatic carbocycles. The lowest BCUT2D eigenvalue weighted by Crippen LogP contribution is -2.54. The Bertz CT molecular complexity index is 7480. The van der Waals surface area contributed by atoms with E-state index in [4.69, 9.17) is 0 Å². The van der Waals surface area contributed by atoms with Crippen LogP contribution < -0.4 is 60.3 Å². The molecule has 0 amide bonds. The predicted molar refractivity (Wildman–Crippen MR) is 566 cm³/mol. The van der Waals surface area contributed by atoms with Crippen molar-refractivity contribution in [3.05, 3.63) is 537 Å². The second-order valence-electron chi connectivity index (χ2n) is 36.0.